The number of methoxy groups -OCH3 is 2. The average molecular weight is 603 g/mol. The van der Waals surface area contributed by atoms with E-state index in [1.807, 2.05) is 0 Å². The van der Waals surface area contributed by atoms with E-state index in [2.05, 4.69) is 25.0 Å². The molecular formula is C23H45N3O13P-. The highest BCUT2D eigenvalue weighted by Crippen LogP contribution is 2.36. The number of hydrogen-bond acceptors (Lipinski definition) is 13. The van der Waals surface area contributed by atoms with E-state index in [0.717, 1.165) is 7.11 Å². The second-order valence-corrected chi connectivity index (χ2v) is 9.58. The van der Waals surface area contributed by atoms with Gasteiger partial charge in [0.25, 0.3) is 7.82 Å². The molecule has 3 N–H and O–H groups in total. The Balaban J connectivity index is 4.41. The van der Waals surface area contributed by atoms with Gasteiger partial charge in [0.05, 0.1) is 46.2 Å². The fourth-order valence-corrected chi connectivity index (χ4v) is 3.29. The van der Waals surface area contributed by atoms with Crippen molar-refractivity contribution in [3.63, 3.8) is 0 Å². The minimum atomic E-state index is -4.28. The third kappa shape index (κ3) is 23.8. The lowest BCUT2D eigenvalue weighted by Crippen LogP contribution is -2.47. The summed E-state index contributed by atoms with van der Waals surface area (Å²) in [7, 11) is -0.173. The van der Waals surface area contributed by atoms with Gasteiger partial charge >= 0.3 is 12.2 Å². The Bertz CT molecular complexity index is 718. The zero-order valence-corrected chi connectivity index (χ0v) is 24.5. The van der Waals surface area contributed by atoms with Crippen molar-refractivity contribution in [2.24, 2.45) is 0 Å². The summed E-state index contributed by atoms with van der Waals surface area (Å²) in [4.78, 5) is 47.7. The zero-order chi connectivity index (χ0) is 29.9. The molecule has 0 spiro atoms. The monoisotopic (exact) mass is 602 g/mol. The van der Waals surface area contributed by atoms with E-state index in [-0.39, 0.29) is 46.0 Å². The molecule has 17 heteroatoms. The summed E-state index contributed by atoms with van der Waals surface area (Å²) in [5, 5.41) is 7.84. The predicted octanol–water partition coefficient (Wildman–Crippen LogP) is 0.332. The molecule has 2 atom stereocenters. The minimum Gasteiger partial charge on any atom is -0.756 e. The SMILES string of the molecule is COCCOCCOC(=O)NCCCCC(NC(=O)OCCOCCOC)C(=O)NCCCCOP(=O)([O-])OC. The fourth-order valence-electron chi connectivity index (χ4n) is 2.83. The van der Waals surface area contributed by atoms with Gasteiger partial charge in [-0.25, -0.2) is 9.59 Å². The van der Waals surface area contributed by atoms with E-state index < -0.39 is 32.0 Å². The number of carbonyl (C=O) groups is 3. The lowest BCUT2D eigenvalue weighted by atomic mass is 10.1. The van der Waals surface area contributed by atoms with Crippen molar-refractivity contribution in [2.75, 3.05) is 93.9 Å². The number of rotatable bonds is 26. The lowest BCUT2D eigenvalue weighted by Gasteiger charge is -2.20. The number of unbranched alkanes of at least 4 members (excludes halogenated alkanes) is 2. The van der Waals surface area contributed by atoms with Crippen LogP contribution in [-0.2, 0) is 46.8 Å². The van der Waals surface area contributed by atoms with Crippen LogP contribution in [0, 0.1) is 0 Å². The lowest BCUT2D eigenvalue weighted by molar-refractivity contribution is -0.223. The van der Waals surface area contributed by atoms with Crippen LogP contribution in [0.15, 0.2) is 0 Å². The summed E-state index contributed by atoms with van der Waals surface area (Å²) >= 11 is 0. The normalized spacial score (nSPS) is 13.2. The molecule has 3 amide bonds. The first-order chi connectivity index (χ1) is 19.3. The van der Waals surface area contributed by atoms with Crippen LogP contribution in [0.5, 0.6) is 0 Å². The maximum Gasteiger partial charge on any atom is 0.407 e. The standard InChI is InChI=1S/C23H46N3O13P/c1-32-12-14-35-16-18-37-22(28)25-10-5-4-8-20(26-23(29)38-19-17-36-15-13-33-2)21(27)24-9-6-7-11-39-40(30,31)34-3/h20H,4-19H2,1-3H3,(H,24,27)(H,25,28)(H,26,29)(H,30,31)/p-1. The molecule has 0 bridgehead atoms. The zero-order valence-electron chi connectivity index (χ0n) is 23.6. The molecular weight excluding hydrogens is 557 g/mol. The quantitative estimate of drug-likeness (QED) is 0.0904. The third-order valence-electron chi connectivity index (χ3n) is 4.93. The van der Waals surface area contributed by atoms with Crippen molar-refractivity contribution in [1.82, 2.24) is 16.0 Å². The van der Waals surface area contributed by atoms with Crippen LogP contribution in [0.25, 0.3) is 0 Å². The van der Waals surface area contributed by atoms with E-state index in [1.54, 1.807) is 14.2 Å². The van der Waals surface area contributed by atoms with Gasteiger partial charge in [0, 0.05) is 34.4 Å². The number of hydrogen-bond donors (Lipinski definition) is 3. The van der Waals surface area contributed by atoms with Crippen molar-refractivity contribution >= 4 is 25.9 Å². The second kappa shape index (κ2) is 25.9. The summed E-state index contributed by atoms with van der Waals surface area (Å²) < 4.78 is 50.2. The first kappa shape index (κ1) is 38.0. The maximum absolute atomic E-state index is 12.7. The van der Waals surface area contributed by atoms with Crippen molar-refractivity contribution in [3.05, 3.63) is 0 Å². The Kier molecular flexibility index (Phi) is 24.6. The highest BCUT2D eigenvalue weighted by atomic mass is 31.2. The number of phosphoric ester groups is 1. The van der Waals surface area contributed by atoms with Gasteiger partial charge in [-0.1, -0.05) is 0 Å². The molecule has 0 aromatic heterocycles. The summed E-state index contributed by atoms with van der Waals surface area (Å²) in [5.41, 5.74) is 0. The molecule has 0 rings (SSSR count). The summed E-state index contributed by atoms with van der Waals surface area (Å²) in [5.74, 6) is -0.429. The van der Waals surface area contributed by atoms with Crippen LogP contribution in [0.1, 0.15) is 32.1 Å². The molecule has 0 heterocycles. The maximum atomic E-state index is 12.7. The van der Waals surface area contributed by atoms with E-state index >= 15 is 0 Å². The number of ether oxygens (including phenoxy) is 6. The van der Waals surface area contributed by atoms with Gasteiger partial charge < -0.3 is 58.3 Å². The summed E-state index contributed by atoms with van der Waals surface area (Å²) in [6.45, 7) is 2.65. The van der Waals surface area contributed by atoms with Crippen molar-refractivity contribution in [1.29, 1.82) is 0 Å². The Morgan fingerprint density at radius 2 is 1.25 bits per heavy atom. The fraction of sp³-hybridized carbons (Fsp3) is 0.870. The van der Waals surface area contributed by atoms with Crippen LogP contribution in [0.3, 0.4) is 0 Å². The smallest absolute Gasteiger partial charge is 0.407 e. The van der Waals surface area contributed by atoms with Gasteiger partial charge in [-0.15, -0.1) is 0 Å². The third-order valence-corrected chi connectivity index (χ3v) is 5.87. The number of carbonyl (C=O) groups excluding carboxylic acids is 3. The van der Waals surface area contributed by atoms with E-state index in [9.17, 15) is 23.8 Å². The van der Waals surface area contributed by atoms with Gasteiger partial charge in [0.15, 0.2) is 0 Å². The predicted molar refractivity (Wildman–Crippen MR) is 140 cm³/mol. The van der Waals surface area contributed by atoms with E-state index in [1.165, 1.54) is 0 Å². The molecule has 0 aromatic carbocycles. The van der Waals surface area contributed by atoms with E-state index in [4.69, 9.17) is 28.4 Å². The van der Waals surface area contributed by atoms with Crippen LogP contribution >= 0.6 is 7.82 Å². The molecule has 0 aliphatic carbocycles. The van der Waals surface area contributed by atoms with Gasteiger partial charge in [0.1, 0.15) is 19.3 Å². The highest BCUT2D eigenvalue weighted by Gasteiger charge is 2.21. The molecule has 0 aliphatic heterocycles. The molecule has 16 nitrogen and oxygen atoms in total. The van der Waals surface area contributed by atoms with Crippen molar-refractivity contribution < 1.29 is 61.3 Å². The molecule has 0 saturated heterocycles. The molecule has 236 valence electrons. The number of alkyl carbamates (subject to hydrolysis) is 2. The van der Waals surface area contributed by atoms with Crippen molar-refractivity contribution in [3.8, 4) is 0 Å². The molecule has 0 radical (unpaired) electrons. The highest BCUT2D eigenvalue weighted by molar-refractivity contribution is 7.45. The molecule has 2 unspecified atom stereocenters. The topological polar surface area (TPSA) is 201 Å². The largest absolute Gasteiger partial charge is 0.756 e. The number of phosphoric acid groups is 1. The average Bonchev–Trinajstić information content (AvgIpc) is 2.93. The molecule has 40 heavy (non-hydrogen) atoms. The van der Waals surface area contributed by atoms with Crippen LogP contribution in [0.4, 0.5) is 9.59 Å². The van der Waals surface area contributed by atoms with Gasteiger partial charge in [-0.05, 0) is 32.1 Å². The Hall–Kier alpha value is -2.04. The van der Waals surface area contributed by atoms with E-state index in [0.29, 0.717) is 58.7 Å². The van der Waals surface area contributed by atoms with Gasteiger partial charge in [-0.3, -0.25) is 9.36 Å². The van der Waals surface area contributed by atoms with Gasteiger partial charge in [-0.2, -0.15) is 0 Å². The first-order valence-electron chi connectivity index (χ1n) is 13.0. The second-order valence-electron chi connectivity index (χ2n) is 8.06. The van der Waals surface area contributed by atoms with Crippen molar-refractivity contribution in [2.45, 2.75) is 38.1 Å². The number of nitrogens with one attached hydrogen (secondary N) is 3. The molecule has 0 saturated carbocycles. The Morgan fingerprint density at radius 1 is 0.700 bits per heavy atom. The minimum absolute atomic E-state index is 0.00160. The number of amides is 3. The van der Waals surface area contributed by atoms with Crippen LogP contribution in [-0.4, -0.2) is 118 Å². The first-order valence-corrected chi connectivity index (χ1v) is 14.5. The molecule has 0 aromatic rings. The Labute approximate surface area is 235 Å². The summed E-state index contributed by atoms with van der Waals surface area (Å²) in [6, 6.07) is -0.885. The van der Waals surface area contributed by atoms with Gasteiger partial charge in [0.2, 0.25) is 5.91 Å². The van der Waals surface area contributed by atoms with Crippen LogP contribution < -0.4 is 20.8 Å². The molecule has 0 aliphatic rings. The van der Waals surface area contributed by atoms with Crippen LogP contribution in [0.2, 0.25) is 0 Å². The summed E-state index contributed by atoms with van der Waals surface area (Å²) in [6.07, 6.45) is 0.758. The Morgan fingerprint density at radius 3 is 1.85 bits per heavy atom. The molecule has 0 fully saturated rings.